The third-order valence-corrected chi connectivity index (χ3v) is 3.86. The van der Waals surface area contributed by atoms with Gasteiger partial charge in [0, 0.05) is 50.9 Å². The molecule has 1 saturated heterocycles. The summed E-state index contributed by atoms with van der Waals surface area (Å²) in [7, 11) is 0. The van der Waals surface area contributed by atoms with E-state index in [-0.39, 0.29) is 12.0 Å². The Bertz CT molecular complexity index is 626. The van der Waals surface area contributed by atoms with E-state index in [0.717, 1.165) is 18.7 Å². The lowest BCUT2D eigenvalue weighted by molar-refractivity contribution is 0.0367. The van der Waals surface area contributed by atoms with Crippen molar-refractivity contribution in [2.75, 3.05) is 19.7 Å². The van der Waals surface area contributed by atoms with Crippen LogP contribution >= 0.6 is 0 Å². The molecule has 0 radical (unpaired) electrons. The number of rotatable bonds is 4. The van der Waals surface area contributed by atoms with Gasteiger partial charge in [0.05, 0.1) is 18.2 Å². The number of ether oxygens (including phenoxy) is 1. The maximum absolute atomic E-state index is 12.7. The SMILES string of the molecule is CCc1ncc(C(=O)N2CCCO[C@@H](Cn3cccn3)C2)cn1. The number of amides is 1. The van der Waals surface area contributed by atoms with Crippen molar-refractivity contribution in [3.8, 4) is 0 Å². The molecule has 0 bridgehead atoms. The van der Waals surface area contributed by atoms with Crippen LogP contribution in [0, 0.1) is 0 Å². The molecule has 2 aromatic heterocycles. The highest BCUT2D eigenvalue weighted by molar-refractivity contribution is 5.93. The monoisotopic (exact) mass is 315 g/mol. The number of carbonyl (C=O) groups excluding carboxylic acids is 1. The van der Waals surface area contributed by atoms with Crippen molar-refractivity contribution in [1.82, 2.24) is 24.6 Å². The first-order valence-corrected chi connectivity index (χ1v) is 7.95. The van der Waals surface area contributed by atoms with Crippen LogP contribution in [0.15, 0.2) is 30.9 Å². The predicted molar refractivity (Wildman–Crippen MR) is 83.9 cm³/mol. The number of nitrogens with zero attached hydrogens (tertiary/aromatic N) is 5. The van der Waals surface area contributed by atoms with Gasteiger partial charge in [-0.1, -0.05) is 6.92 Å². The third kappa shape index (κ3) is 3.92. The van der Waals surface area contributed by atoms with Crippen LogP contribution in [0.3, 0.4) is 0 Å². The first-order chi connectivity index (χ1) is 11.3. The van der Waals surface area contributed by atoms with Crippen molar-refractivity contribution in [2.24, 2.45) is 0 Å². The fourth-order valence-electron chi connectivity index (χ4n) is 2.64. The summed E-state index contributed by atoms with van der Waals surface area (Å²) in [5.41, 5.74) is 0.530. The van der Waals surface area contributed by atoms with Crippen LogP contribution in [0.4, 0.5) is 0 Å². The predicted octanol–water partition coefficient (Wildman–Crippen LogP) is 1.17. The third-order valence-electron chi connectivity index (χ3n) is 3.86. The van der Waals surface area contributed by atoms with Gasteiger partial charge in [0.2, 0.25) is 0 Å². The lowest BCUT2D eigenvalue weighted by Gasteiger charge is -2.24. The highest BCUT2D eigenvalue weighted by Gasteiger charge is 2.24. The van der Waals surface area contributed by atoms with Crippen LogP contribution in [-0.4, -0.2) is 56.4 Å². The number of hydrogen-bond acceptors (Lipinski definition) is 5. The van der Waals surface area contributed by atoms with E-state index >= 15 is 0 Å². The second kappa shape index (κ2) is 7.32. The van der Waals surface area contributed by atoms with Crippen LogP contribution < -0.4 is 0 Å². The molecule has 0 aliphatic carbocycles. The minimum atomic E-state index is -0.0582. The second-order valence-corrected chi connectivity index (χ2v) is 5.57. The molecule has 1 atom stereocenters. The average Bonchev–Trinajstić information content (AvgIpc) is 2.98. The molecule has 0 spiro atoms. The minimum absolute atomic E-state index is 0.0383. The summed E-state index contributed by atoms with van der Waals surface area (Å²) >= 11 is 0. The van der Waals surface area contributed by atoms with E-state index in [4.69, 9.17) is 4.74 Å². The fourth-order valence-corrected chi connectivity index (χ4v) is 2.64. The Hall–Kier alpha value is -2.28. The topological polar surface area (TPSA) is 73.1 Å². The van der Waals surface area contributed by atoms with Gasteiger partial charge in [-0.05, 0) is 12.5 Å². The highest BCUT2D eigenvalue weighted by atomic mass is 16.5. The molecule has 3 heterocycles. The van der Waals surface area contributed by atoms with Crippen molar-refractivity contribution in [3.05, 3.63) is 42.2 Å². The van der Waals surface area contributed by atoms with E-state index in [1.807, 2.05) is 28.8 Å². The number of aryl methyl sites for hydroxylation is 1. The summed E-state index contributed by atoms with van der Waals surface area (Å²) in [4.78, 5) is 22.9. The van der Waals surface area contributed by atoms with E-state index in [2.05, 4.69) is 15.1 Å². The molecule has 0 saturated carbocycles. The van der Waals surface area contributed by atoms with Gasteiger partial charge in [-0.2, -0.15) is 5.10 Å². The largest absolute Gasteiger partial charge is 0.374 e. The zero-order chi connectivity index (χ0) is 16.1. The van der Waals surface area contributed by atoms with E-state index in [1.165, 1.54) is 0 Å². The molecule has 2 aromatic rings. The van der Waals surface area contributed by atoms with E-state index in [0.29, 0.717) is 31.8 Å². The van der Waals surface area contributed by atoms with Gasteiger partial charge in [-0.3, -0.25) is 9.48 Å². The van der Waals surface area contributed by atoms with Gasteiger partial charge >= 0.3 is 0 Å². The van der Waals surface area contributed by atoms with Crippen molar-refractivity contribution in [3.63, 3.8) is 0 Å². The average molecular weight is 315 g/mol. The van der Waals surface area contributed by atoms with Crippen LogP contribution in [0.2, 0.25) is 0 Å². The fraction of sp³-hybridized carbons (Fsp3) is 0.500. The van der Waals surface area contributed by atoms with Crippen LogP contribution in [0.5, 0.6) is 0 Å². The van der Waals surface area contributed by atoms with Gasteiger partial charge in [-0.15, -0.1) is 0 Å². The molecule has 1 amide bonds. The Morgan fingerprint density at radius 2 is 2.22 bits per heavy atom. The molecule has 1 aliphatic rings. The number of carbonyl (C=O) groups is 1. The van der Waals surface area contributed by atoms with Crippen molar-refractivity contribution < 1.29 is 9.53 Å². The maximum atomic E-state index is 12.7. The standard InChI is InChI=1S/C16H21N5O2/c1-2-15-17-9-13(10-18-15)16(22)20-6-4-8-23-14(11-20)12-21-7-3-5-19-21/h3,5,7,9-10,14H,2,4,6,8,11-12H2,1H3/t14-/m1/s1. The zero-order valence-electron chi connectivity index (χ0n) is 13.3. The lowest BCUT2D eigenvalue weighted by Crippen LogP contribution is -2.38. The number of aromatic nitrogens is 4. The summed E-state index contributed by atoms with van der Waals surface area (Å²) in [6.07, 6.45) is 8.40. The molecule has 0 unspecified atom stereocenters. The van der Waals surface area contributed by atoms with E-state index in [9.17, 15) is 4.79 Å². The van der Waals surface area contributed by atoms with Gasteiger partial charge in [0.1, 0.15) is 5.82 Å². The van der Waals surface area contributed by atoms with Crippen LogP contribution in [-0.2, 0) is 17.7 Å². The molecule has 0 N–H and O–H groups in total. The van der Waals surface area contributed by atoms with Crippen molar-refractivity contribution in [1.29, 1.82) is 0 Å². The van der Waals surface area contributed by atoms with Crippen molar-refractivity contribution >= 4 is 5.91 Å². The molecule has 122 valence electrons. The number of hydrogen-bond donors (Lipinski definition) is 0. The smallest absolute Gasteiger partial charge is 0.257 e. The molecule has 1 fully saturated rings. The van der Waals surface area contributed by atoms with Gasteiger partial charge in [0.15, 0.2) is 0 Å². The Morgan fingerprint density at radius 1 is 1.39 bits per heavy atom. The van der Waals surface area contributed by atoms with Crippen LogP contribution in [0.1, 0.15) is 29.5 Å². The van der Waals surface area contributed by atoms with Gasteiger partial charge < -0.3 is 9.64 Å². The molecular formula is C16H21N5O2. The Morgan fingerprint density at radius 3 is 2.91 bits per heavy atom. The second-order valence-electron chi connectivity index (χ2n) is 5.57. The van der Waals surface area contributed by atoms with Crippen molar-refractivity contribution in [2.45, 2.75) is 32.4 Å². The van der Waals surface area contributed by atoms with Crippen LogP contribution in [0.25, 0.3) is 0 Å². The summed E-state index contributed by atoms with van der Waals surface area (Å²) in [6, 6.07) is 1.88. The lowest BCUT2D eigenvalue weighted by atomic mass is 10.2. The summed E-state index contributed by atoms with van der Waals surface area (Å²) in [6.45, 7) is 4.52. The quantitative estimate of drug-likeness (QED) is 0.847. The first-order valence-electron chi connectivity index (χ1n) is 7.95. The Balaban J connectivity index is 1.68. The molecule has 0 aromatic carbocycles. The Kier molecular flexibility index (Phi) is 4.97. The molecular weight excluding hydrogens is 294 g/mol. The summed E-state index contributed by atoms with van der Waals surface area (Å²) in [5.74, 6) is 0.709. The molecule has 1 aliphatic heterocycles. The first kappa shape index (κ1) is 15.6. The van der Waals surface area contributed by atoms with Gasteiger partial charge in [0.25, 0.3) is 5.91 Å². The van der Waals surface area contributed by atoms with E-state index in [1.54, 1.807) is 18.6 Å². The van der Waals surface area contributed by atoms with E-state index < -0.39 is 0 Å². The molecule has 3 rings (SSSR count). The normalized spacial score (nSPS) is 18.7. The Labute approximate surface area is 135 Å². The highest BCUT2D eigenvalue weighted by Crippen LogP contribution is 2.12. The maximum Gasteiger partial charge on any atom is 0.257 e. The summed E-state index contributed by atoms with van der Waals surface area (Å²) < 4.78 is 7.67. The summed E-state index contributed by atoms with van der Waals surface area (Å²) in [5, 5.41) is 4.20. The van der Waals surface area contributed by atoms with Gasteiger partial charge in [-0.25, -0.2) is 9.97 Å². The molecule has 7 nitrogen and oxygen atoms in total. The molecule has 7 heteroatoms. The molecule has 23 heavy (non-hydrogen) atoms. The minimum Gasteiger partial charge on any atom is -0.374 e. The zero-order valence-corrected chi connectivity index (χ0v) is 13.3.